The SMILES string of the molecule is Cc1ccccc1C1CC(Nc2ccc(C#N)cc2Br)C1. The minimum atomic E-state index is 0.513. The third kappa shape index (κ3) is 2.96. The number of rotatable bonds is 3. The van der Waals surface area contributed by atoms with Gasteiger partial charge in [0.25, 0.3) is 0 Å². The number of hydrogen-bond donors (Lipinski definition) is 1. The van der Waals surface area contributed by atoms with Crippen molar-refractivity contribution >= 4 is 21.6 Å². The second kappa shape index (κ2) is 5.91. The Hall–Kier alpha value is -1.79. The molecule has 0 bridgehead atoms. The van der Waals surface area contributed by atoms with Crippen LogP contribution in [0, 0.1) is 18.3 Å². The molecule has 3 rings (SSSR count). The van der Waals surface area contributed by atoms with Crippen molar-refractivity contribution in [2.24, 2.45) is 0 Å². The van der Waals surface area contributed by atoms with Crippen LogP contribution in [0.4, 0.5) is 5.69 Å². The lowest BCUT2D eigenvalue weighted by molar-refractivity contribution is 0.373. The van der Waals surface area contributed by atoms with Crippen molar-refractivity contribution in [1.29, 1.82) is 5.26 Å². The lowest BCUT2D eigenvalue weighted by Crippen LogP contribution is -2.34. The lowest BCUT2D eigenvalue weighted by Gasteiger charge is -2.37. The molecule has 1 N–H and O–H groups in total. The number of hydrogen-bond acceptors (Lipinski definition) is 2. The van der Waals surface area contributed by atoms with E-state index in [2.05, 4.69) is 58.5 Å². The van der Waals surface area contributed by atoms with E-state index in [1.807, 2.05) is 18.2 Å². The highest BCUT2D eigenvalue weighted by Crippen LogP contribution is 2.40. The van der Waals surface area contributed by atoms with Gasteiger partial charge in [-0.2, -0.15) is 5.26 Å². The molecule has 0 unspecified atom stereocenters. The molecule has 1 saturated carbocycles. The van der Waals surface area contributed by atoms with E-state index in [-0.39, 0.29) is 0 Å². The van der Waals surface area contributed by atoms with E-state index in [4.69, 9.17) is 5.26 Å². The number of nitrogens with zero attached hydrogens (tertiary/aromatic N) is 1. The van der Waals surface area contributed by atoms with Gasteiger partial charge in [-0.1, -0.05) is 24.3 Å². The fourth-order valence-corrected chi connectivity index (χ4v) is 3.45. The molecule has 0 atom stereocenters. The second-order valence-electron chi connectivity index (χ2n) is 5.67. The summed E-state index contributed by atoms with van der Waals surface area (Å²) in [5, 5.41) is 12.4. The first-order chi connectivity index (χ1) is 10.2. The summed E-state index contributed by atoms with van der Waals surface area (Å²) in [5.74, 6) is 0.667. The van der Waals surface area contributed by atoms with Gasteiger partial charge in [0, 0.05) is 16.2 Å². The maximum Gasteiger partial charge on any atom is 0.0992 e. The van der Waals surface area contributed by atoms with Crippen molar-refractivity contribution in [2.45, 2.75) is 31.7 Å². The van der Waals surface area contributed by atoms with Gasteiger partial charge in [0.05, 0.1) is 11.6 Å². The molecule has 0 aliphatic heterocycles. The summed E-state index contributed by atoms with van der Waals surface area (Å²) in [6, 6.07) is 17.0. The Morgan fingerprint density at radius 2 is 1.95 bits per heavy atom. The van der Waals surface area contributed by atoms with E-state index < -0.39 is 0 Å². The second-order valence-corrected chi connectivity index (χ2v) is 6.53. The van der Waals surface area contributed by atoms with E-state index in [0.717, 1.165) is 23.0 Å². The summed E-state index contributed by atoms with van der Waals surface area (Å²) in [6.07, 6.45) is 2.33. The van der Waals surface area contributed by atoms with Gasteiger partial charge in [-0.3, -0.25) is 0 Å². The monoisotopic (exact) mass is 340 g/mol. The van der Waals surface area contributed by atoms with Crippen LogP contribution < -0.4 is 5.32 Å². The zero-order valence-corrected chi connectivity index (χ0v) is 13.5. The summed E-state index contributed by atoms with van der Waals surface area (Å²) >= 11 is 3.53. The summed E-state index contributed by atoms with van der Waals surface area (Å²) in [5.41, 5.74) is 4.62. The summed E-state index contributed by atoms with van der Waals surface area (Å²) in [7, 11) is 0. The summed E-state index contributed by atoms with van der Waals surface area (Å²) < 4.78 is 0.959. The van der Waals surface area contributed by atoms with Gasteiger partial charge in [-0.25, -0.2) is 0 Å². The average Bonchev–Trinajstić information content (AvgIpc) is 2.45. The first kappa shape index (κ1) is 14.2. The number of halogens is 1. The molecule has 0 aromatic heterocycles. The quantitative estimate of drug-likeness (QED) is 0.854. The van der Waals surface area contributed by atoms with Crippen LogP contribution in [0.5, 0.6) is 0 Å². The normalized spacial score (nSPS) is 20.4. The van der Waals surface area contributed by atoms with Gasteiger partial charge in [0.15, 0.2) is 0 Å². The van der Waals surface area contributed by atoms with Crippen LogP contribution in [0.25, 0.3) is 0 Å². The maximum absolute atomic E-state index is 8.89. The molecule has 0 radical (unpaired) electrons. The van der Waals surface area contributed by atoms with Crippen LogP contribution in [0.2, 0.25) is 0 Å². The average molecular weight is 341 g/mol. The van der Waals surface area contributed by atoms with E-state index in [1.165, 1.54) is 11.1 Å². The van der Waals surface area contributed by atoms with Gasteiger partial charge >= 0.3 is 0 Å². The summed E-state index contributed by atoms with van der Waals surface area (Å²) in [6.45, 7) is 2.19. The number of anilines is 1. The van der Waals surface area contributed by atoms with Crippen molar-refractivity contribution in [3.05, 3.63) is 63.6 Å². The zero-order valence-electron chi connectivity index (χ0n) is 11.9. The van der Waals surface area contributed by atoms with Gasteiger partial charge in [-0.05, 0) is 70.9 Å². The molecule has 2 aromatic rings. The Morgan fingerprint density at radius 3 is 2.62 bits per heavy atom. The molecule has 1 aliphatic rings. The highest BCUT2D eigenvalue weighted by molar-refractivity contribution is 9.10. The third-order valence-corrected chi connectivity index (χ3v) is 4.88. The van der Waals surface area contributed by atoms with E-state index in [9.17, 15) is 0 Å². The van der Waals surface area contributed by atoms with Crippen LogP contribution in [-0.2, 0) is 0 Å². The topological polar surface area (TPSA) is 35.8 Å². The molecular weight excluding hydrogens is 324 g/mol. The van der Waals surface area contributed by atoms with Gasteiger partial charge < -0.3 is 5.32 Å². The Bertz CT molecular complexity index is 697. The maximum atomic E-state index is 8.89. The van der Waals surface area contributed by atoms with Crippen molar-refractivity contribution in [3.8, 4) is 6.07 Å². The number of nitrogens with one attached hydrogen (secondary N) is 1. The van der Waals surface area contributed by atoms with E-state index in [1.54, 1.807) is 0 Å². The molecule has 1 aliphatic carbocycles. The Labute approximate surface area is 133 Å². The number of nitriles is 1. The third-order valence-electron chi connectivity index (χ3n) is 4.22. The first-order valence-corrected chi connectivity index (χ1v) is 7.98. The molecule has 0 saturated heterocycles. The van der Waals surface area contributed by atoms with Crippen LogP contribution in [-0.4, -0.2) is 6.04 Å². The smallest absolute Gasteiger partial charge is 0.0992 e. The first-order valence-electron chi connectivity index (χ1n) is 7.19. The van der Waals surface area contributed by atoms with Gasteiger partial charge in [-0.15, -0.1) is 0 Å². The molecule has 0 amide bonds. The Kier molecular flexibility index (Phi) is 3.98. The van der Waals surface area contributed by atoms with Crippen LogP contribution in [0.15, 0.2) is 46.9 Å². The highest BCUT2D eigenvalue weighted by atomic mass is 79.9. The van der Waals surface area contributed by atoms with Crippen molar-refractivity contribution in [1.82, 2.24) is 0 Å². The highest BCUT2D eigenvalue weighted by Gasteiger charge is 2.31. The Morgan fingerprint density at radius 1 is 1.19 bits per heavy atom. The predicted octanol–water partition coefficient (Wildman–Crippen LogP) is 4.99. The molecule has 21 heavy (non-hydrogen) atoms. The number of benzene rings is 2. The molecule has 3 heteroatoms. The molecule has 0 heterocycles. The van der Waals surface area contributed by atoms with Crippen molar-refractivity contribution < 1.29 is 0 Å². The standard InChI is InChI=1S/C18H17BrN2/c1-12-4-2-3-5-16(12)14-9-15(10-14)21-18-7-6-13(11-20)8-17(18)19/h2-8,14-15,21H,9-10H2,1H3. The fraction of sp³-hybridized carbons (Fsp3) is 0.278. The lowest BCUT2D eigenvalue weighted by atomic mass is 9.74. The predicted molar refractivity (Wildman–Crippen MR) is 89.4 cm³/mol. The van der Waals surface area contributed by atoms with E-state index in [0.29, 0.717) is 17.5 Å². The van der Waals surface area contributed by atoms with Gasteiger partial charge in [0.1, 0.15) is 0 Å². The van der Waals surface area contributed by atoms with E-state index >= 15 is 0 Å². The minimum absolute atomic E-state index is 0.513. The molecule has 2 nitrogen and oxygen atoms in total. The number of aryl methyl sites for hydroxylation is 1. The van der Waals surface area contributed by atoms with Crippen molar-refractivity contribution in [2.75, 3.05) is 5.32 Å². The minimum Gasteiger partial charge on any atom is -0.381 e. The molecule has 0 spiro atoms. The largest absolute Gasteiger partial charge is 0.381 e. The van der Waals surface area contributed by atoms with Crippen LogP contribution >= 0.6 is 15.9 Å². The molecule has 106 valence electrons. The van der Waals surface area contributed by atoms with Crippen LogP contribution in [0.1, 0.15) is 35.4 Å². The van der Waals surface area contributed by atoms with Crippen molar-refractivity contribution in [3.63, 3.8) is 0 Å². The summed E-state index contributed by atoms with van der Waals surface area (Å²) in [4.78, 5) is 0. The molecular formula is C18H17BrN2. The van der Waals surface area contributed by atoms with Gasteiger partial charge in [0.2, 0.25) is 0 Å². The Balaban J connectivity index is 1.63. The molecule has 2 aromatic carbocycles. The zero-order chi connectivity index (χ0) is 14.8. The van der Waals surface area contributed by atoms with Crippen LogP contribution in [0.3, 0.4) is 0 Å². The molecule has 1 fully saturated rings. The fourth-order valence-electron chi connectivity index (χ4n) is 2.96.